The Bertz CT molecular complexity index is 246. The molecular formula is C7H7NO2. The summed E-state index contributed by atoms with van der Waals surface area (Å²) in [5.41, 5.74) is 0. The van der Waals surface area contributed by atoms with E-state index in [-0.39, 0.29) is 13.0 Å². The van der Waals surface area contributed by atoms with Gasteiger partial charge in [-0.25, -0.2) is 0 Å². The van der Waals surface area contributed by atoms with Gasteiger partial charge in [0.1, 0.15) is 18.1 Å². The number of rotatable bonds is 2. The van der Waals surface area contributed by atoms with E-state index in [9.17, 15) is 0 Å². The van der Waals surface area contributed by atoms with E-state index in [0.29, 0.717) is 11.5 Å². The number of hydrogen-bond acceptors (Lipinski definition) is 3. The van der Waals surface area contributed by atoms with E-state index in [4.69, 9.17) is 14.8 Å². The van der Waals surface area contributed by atoms with Crippen LogP contribution in [0.3, 0.4) is 0 Å². The Morgan fingerprint density at radius 2 is 2.20 bits per heavy atom. The highest BCUT2D eigenvalue weighted by Gasteiger charge is 1.98. The minimum Gasteiger partial charge on any atom is -0.463 e. The Kier molecular flexibility index (Phi) is 2.08. The topological polar surface area (TPSA) is 57.2 Å². The fraction of sp³-hybridized carbons (Fsp3) is 0.286. The van der Waals surface area contributed by atoms with Crippen LogP contribution in [0.5, 0.6) is 0 Å². The lowest BCUT2D eigenvalue weighted by atomic mass is 10.3. The summed E-state index contributed by atoms with van der Waals surface area (Å²) in [5.74, 6) is 1.11. The molecule has 0 radical (unpaired) electrons. The van der Waals surface area contributed by atoms with Crippen molar-refractivity contribution >= 4 is 0 Å². The molecule has 3 heteroatoms. The predicted molar refractivity (Wildman–Crippen MR) is 33.9 cm³/mol. The second-order valence-corrected chi connectivity index (χ2v) is 1.86. The third kappa shape index (κ3) is 1.36. The molecule has 0 bridgehead atoms. The second-order valence-electron chi connectivity index (χ2n) is 1.86. The van der Waals surface area contributed by atoms with Crippen molar-refractivity contribution in [3.8, 4) is 6.07 Å². The summed E-state index contributed by atoms with van der Waals surface area (Å²) in [6, 6.07) is 5.29. The normalized spacial score (nSPS) is 9.20. The summed E-state index contributed by atoms with van der Waals surface area (Å²) in [6.07, 6.45) is 0.264. The Morgan fingerprint density at radius 1 is 1.50 bits per heavy atom. The Morgan fingerprint density at radius 3 is 2.70 bits per heavy atom. The maximum absolute atomic E-state index is 8.54. The van der Waals surface area contributed by atoms with Gasteiger partial charge in [0.2, 0.25) is 0 Å². The molecule has 0 saturated carbocycles. The van der Waals surface area contributed by atoms with Gasteiger partial charge in [-0.15, -0.1) is 0 Å². The van der Waals surface area contributed by atoms with Gasteiger partial charge in [-0.1, -0.05) is 0 Å². The molecule has 1 aromatic rings. The van der Waals surface area contributed by atoms with Gasteiger partial charge in [-0.05, 0) is 12.1 Å². The fourth-order valence-electron chi connectivity index (χ4n) is 0.680. The zero-order valence-electron chi connectivity index (χ0n) is 5.37. The summed E-state index contributed by atoms with van der Waals surface area (Å²) in [6.45, 7) is -0.106. The molecule has 0 unspecified atom stereocenters. The van der Waals surface area contributed by atoms with Crippen molar-refractivity contribution in [2.45, 2.75) is 13.0 Å². The van der Waals surface area contributed by atoms with Gasteiger partial charge < -0.3 is 9.52 Å². The second kappa shape index (κ2) is 3.04. The average molecular weight is 137 g/mol. The molecule has 0 spiro atoms. The lowest BCUT2D eigenvalue weighted by Crippen LogP contribution is -1.76. The van der Waals surface area contributed by atoms with Crippen molar-refractivity contribution in [1.82, 2.24) is 0 Å². The fourth-order valence-corrected chi connectivity index (χ4v) is 0.680. The van der Waals surface area contributed by atoms with E-state index in [1.807, 2.05) is 6.07 Å². The first-order valence-corrected chi connectivity index (χ1v) is 2.92. The van der Waals surface area contributed by atoms with Gasteiger partial charge in [-0.2, -0.15) is 5.26 Å². The molecule has 52 valence electrons. The number of furan rings is 1. The quantitative estimate of drug-likeness (QED) is 0.657. The zero-order chi connectivity index (χ0) is 7.40. The van der Waals surface area contributed by atoms with Crippen LogP contribution in [0.1, 0.15) is 11.5 Å². The van der Waals surface area contributed by atoms with Crippen LogP contribution in [0.25, 0.3) is 0 Å². The average Bonchev–Trinajstić information content (AvgIpc) is 2.37. The molecule has 1 N–H and O–H groups in total. The molecule has 0 amide bonds. The van der Waals surface area contributed by atoms with Crippen molar-refractivity contribution in [2.24, 2.45) is 0 Å². The summed E-state index contributed by atoms with van der Waals surface area (Å²) in [4.78, 5) is 0. The highest BCUT2D eigenvalue weighted by molar-refractivity contribution is 5.09. The van der Waals surface area contributed by atoms with Gasteiger partial charge in [-0.3, -0.25) is 0 Å². The number of hydrogen-bond donors (Lipinski definition) is 1. The molecule has 0 saturated heterocycles. The first-order chi connectivity index (χ1) is 4.86. The summed E-state index contributed by atoms with van der Waals surface area (Å²) < 4.78 is 5.00. The van der Waals surface area contributed by atoms with E-state index in [2.05, 4.69) is 0 Å². The molecule has 0 atom stereocenters. The van der Waals surface area contributed by atoms with E-state index in [0.717, 1.165) is 0 Å². The van der Waals surface area contributed by atoms with Crippen LogP contribution >= 0.6 is 0 Å². The van der Waals surface area contributed by atoms with Crippen molar-refractivity contribution in [1.29, 1.82) is 5.26 Å². The standard InChI is InChI=1S/C7H7NO2/c8-4-3-6-1-2-7(5-9)10-6/h1-2,9H,3,5H2. The molecule has 0 aliphatic heterocycles. The lowest BCUT2D eigenvalue weighted by molar-refractivity contribution is 0.244. The Balaban J connectivity index is 2.70. The summed E-state index contributed by atoms with van der Waals surface area (Å²) in [7, 11) is 0. The first kappa shape index (κ1) is 6.84. The molecule has 0 aromatic carbocycles. The maximum Gasteiger partial charge on any atom is 0.129 e. The summed E-state index contributed by atoms with van der Waals surface area (Å²) >= 11 is 0. The predicted octanol–water partition coefficient (Wildman–Crippen LogP) is 0.838. The number of aliphatic hydroxyl groups excluding tert-OH is 1. The van der Waals surface area contributed by atoms with Crippen LogP contribution in [0.4, 0.5) is 0 Å². The zero-order valence-corrected chi connectivity index (χ0v) is 5.37. The third-order valence-corrected chi connectivity index (χ3v) is 1.13. The van der Waals surface area contributed by atoms with Crippen LogP contribution < -0.4 is 0 Å². The van der Waals surface area contributed by atoms with Gasteiger partial charge in [0.05, 0.1) is 12.5 Å². The van der Waals surface area contributed by atoms with Crippen LogP contribution in [-0.2, 0) is 13.0 Å². The molecule has 0 aliphatic carbocycles. The highest BCUT2D eigenvalue weighted by Crippen LogP contribution is 2.07. The van der Waals surface area contributed by atoms with Crippen LogP contribution in [0.15, 0.2) is 16.5 Å². The monoisotopic (exact) mass is 137 g/mol. The number of nitriles is 1. The van der Waals surface area contributed by atoms with Crippen molar-refractivity contribution < 1.29 is 9.52 Å². The molecule has 1 aromatic heterocycles. The van der Waals surface area contributed by atoms with E-state index >= 15 is 0 Å². The number of nitrogens with zero attached hydrogens (tertiary/aromatic N) is 1. The smallest absolute Gasteiger partial charge is 0.129 e. The maximum atomic E-state index is 8.54. The molecule has 1 rings (SSSR count). The van der Waals surface area contributed by atoms with Crippen molar-refractivity contribution in [3.63, 3.8) is 0 Å². The minimum atomic E-state index is -0.106. The molecule has 1 heterocycles. The SMILES string of the molecule is N#CCc1ccc(CO)o1. The van der Waals surface area contributed by atoms with Gasteiger partial charge in [0, 0.05) is 0 Å². The third-order valence-electron chi connectivity index (χ3n) is 1.13. The van der Waals surface area contributed by atoms with Crippen LogP contribution in [0.2, 0.25) is 0 Å². The molecule has 3 nitrogen and oxygen atoms in total. The summed E-state index contributed by atoms with van der Waals surface area (Å²) in [5, 5.41) is 16.8. The number of aliphatic hydroxyl groups is 1. The van der Waals surface area contributed by atoms with E-state index in [1.54, 1.807) is 12.1 Å². The minimum absolute atomic E-state index is 0.106. The largest absolute Gasteiger partial charge is 0.463 e. The Hall–Kier alpha value is -1.27. The molecular weight excluding hydrogens is 130 g/mol. The van der Waals surface area contributed by atoms with Crippen LogP contribution in [-0.4, -0.2) is 5.11 Å². The van der Waals surface area contributed by atoms with E-state index < -0.39 is 0 Å². The van der Waals surface area contributed by atoms with Gasteiger partial charge >= 0.3 is 0 Å². The molecule has 0 aliphatic rings. The molecule has 0 fully saturated rings. The van der Waals surface area contributed by atoms with Crippen LogP contribution in [0, 0.1) is 11.3 Å². The highest BCUT2D eigenvalue weighted by atomic mass is 16.4. The lowest BCUT2D eigenvalue weighted by Gasteiger charge is -1.85. The van der Waals surface area contributed by atoms with E-state index in [1.165, 1.54) is 0 Å². The molecule has 10 heavy (non-hydrogen) atoms. The first-order valence-electron chi connectivity index (χ1n) is 2.92. The van der Waals surface area contributed by atoms with Gasteiger partial charge in [0.25, 0.3) is 0 Å². The Labute approximate surface area is 58.5 Å². The van der Waals surface area contributed by atoms with Crippen molar-refractivity contribution in [2.75, 3.05) is 0 Å². The van der Waals surface area contributed by atoms with Gasteiger partial charge in [0.15, 0.2) is 0 Å². The van der Waals surface area contributed by atoms with Crippen molar-refractivity contribution in [3.05, 3.63) is 23.7 Å².